The van der Waals surface area contributed by atoms with Crippen LogP contribution in [-0.4, -0.2) is 15.9 Å². The number of aliphatic hydroxyl groups excluding tert-OH is 1. The van der Waals surface area contributed by atoms with Gasteiger partial charge in [0.15, 0.2) is 5.78 Å². The molecule has 0 aliphatic carbocycles. The van der Waals surface area contributed by atoms with E-state index in [4.69, 9.17) is 0 Å². The first-order valence-corrected chi connectivity index (χ1v) is 4.55. The highest BCUT2D eigenvalue weighted by atomic mass is 16.3. The molecule has 0 bridgehead atoms. The van der Waals surface area contributed by atoms with Crippen molar-refractivity contribution in [3.63, 3.8) is 0 Å². The molecular formula is C11H15NO2. The van der Waals surface area contributed by atoms with Crippen molar-refractivity contribution in [2.75, 3.05) is 0 Å². The highest BCUT2D eigenvalue weighted by Crippen LogP contribution is 2.24. The van der Waals surface area contributed by atoms with Gasteiger partial charge in [-0.2, -0.15) is 0 Å². The molecule has 1 rings (SSSR count). The molecule has 0 saturated heterocycles. The summed E-state index contributed by atoms with van der Waals surface area (Å²) in [6.45, 7) is 5.36. The monoisotopic (exact) mass is 193 g/mol. The first-order chi connectivity index (χ1) is 6.43. The Morgan fingerprint density at radius 1 is 1.50 bits per heavy atom. The number of Topliss-reactive ketones (excluding diaryl/α,β-unsaturated/α-hetero) is 1. The van der Waals surface area contributed by atoms with E-state index in [9.17, 15) is 9.90 Å². The van der Waals surface area contributed by atoms with Gasteiger partial charge in [-0.05, 0) is 6.07 Å². The van der Waals surface area contributed by atoms with Gasteiger partial charge in [0.25, 0.3) is 0 Å². The molecule has 0 amide bonds. The molecule has 1 aromatic rings. The normalized spacial score (nSPS) is 13.7. The third-order valence-electron chi connectivity index (χ3n) is 1.99. The number of aliphatic hydroxyl groups is 1. The summed E-state index contributed by atoms with van der Waals surface area (Å²) in [5, 5.41) is 9.74. The standard InChI is InChI=1S/C11H15NO2/c1-11(2,3)10(14)9(13)8-5-4-6-12-7-8/h4-7,9,13H,1-3H3. The summed E-state index contributed by atoms with van der Waals surface area (Å²) in [5.41, 5.74) is 0.0161. The molecule has 0 aromatic carbocycles. The lowest BCUT2D eigenvalue weighted by Crippen LogP contribution is -2.26. The minimum Gasteiger partial charge on any atom is -0.380 e. The first kappa shape index (κ1) is 10.9. The van der Waals surface area contributed by atoms with Crippen molar-refractivity contribution in [1.29, 1.82) is 0 Å². The van der Waals surface area contributed by atoms with Crippen LogP contribution in [0.3, 0.4) is 0 Å². The predicted octanol–water partition coefficient (Wildman–Crippen LogP) is 1.73. The van der Waals surface area contributed by atoms with E-state index in [0.29, 0.717) is 5.56 Å². The molecule has 1 heterocycles. The molecule has 1 aromatic heterocycles. The molecular weight excluding hydrogens is 178 g/mol. The predicted molar refractivity (Wildman–Crippen MR) is 53.7 cm³/mol. The summed E-state index contributed by atoms with van der Waals surface area (Å²) in [7, 11) is 0. The van der Waals surface area contributed by atoms with Crippen molar-refractivity contribution in [1.82, 2.24) is 4.98 Å². The van der Waals surface area contributed by atoms with E-state index in [1.807, 2.05) is 0 Å². The van der Waals surface area contributed by atoms with Gasteiger partial charge in [0.1, 0.15) is 6.10 Å². The molecule has 1 atom stereocenters. The molecule has 14 heavy (non-hydrogen) atoms. The summed E-state index contributed by atoms with van der Waals surface area (Å²) in [5.74, 6) is -0.189. The van der Waals surface area contributed by atoms with Crippen LogP contribution in [0.15, 0.2) is 24.5 Å². The van der Waals surface area contributed by atoms with Gasteiger partial charge in [0, 0.05) is 23.4 Å². The Bertz CT molecular complexity index is 314. The Kier molecular flexibility index (Phi) is 3.01. The van der Waals surface area contributed by atoms with Gasteiger partial charge in [-0.1, -0.05) is 26.8 Å². The van der Waals surface area contributed by atoms with Gasteiger partial charge in [-0.25, -0.2) is 0 Å². The zero-order valence-electron chi connectivity index (χ0n) is 8.69. The molecule has 0 aliphatic rings. The molecule has 76 valence electrons. The van der Waals surface area contributed by atoms with Crippen molar-refractivity contribution in [2.24, 2.45) is 5.41 Å². The average Bonchev–Trinajstić information content (AvgIpc) is 2.15. The number of ketones is 1. The van der Waals surface area contributed by atoms with Crippen molar-refractivity contribution < 1.29 is 9.90 Å². The summed E-state index contributed by atoms with van der Waals surface area (Å²) in [4.78, 5) is 15.5. The largest absolute Gasteiger partial charge is 0.380 e. The number of nitrogens with zero attached hydrogens (tertiary/aromatic N) is 1. The Hall–Kier alpha value is -1.22. The van der Waals surface area contributed by atoms with Gasteiger partial charge < -0.3 is 5.11 Å². The summed E-state index contributed by atoms with van der Waals surface area (Å²) in [6.07, 6.45) is 2.05. The molecule has 0 spiro atoms. The van der Waals surface area contributed by atoms with E-state index in [1.54, 1.807) is 39.1 Å². The molecule has 1 unspecified atom stereocenters. The van der Waals surface area contributed by atoms with Gasteiger partial charge >= 0.3 is 0 Å². The SMILES string of the molecule is CC(C)(C)C(=O)C(O)c1cccnc1. The number of hydrogen-bond acceptors (Lipinski definition) is 3. The number of rotatable bonds is 2. The second-order valence-corrected chi connectivity index (χ2v) is 4.30. The number of carbonyl (C=O) groups is 1. The van der Waals surface area contributed by atoms with Crippen LogP contribution < -0.4 is 0 Å². The van der Waals surface area contributed by atoms with Crippen molar-refractivity contribution in [2.45, 2.75) is 26.9 Å². The van der Waals surface area contributed by atoms with Crippen LogP contribution in [0.1, 0.15) is 32.4 Å². The van der Waals surface area contributed by atoms with E-state index in [1.165, 1.54) is 6.20 Å². The van der Waals surface area contributed by atoms with Crippen LogP contribution in [0.25, 0.3) is 0 Å². The van der Waals surface area contributed by atoms with Crippen molar-refractivity contribution in [3.05, 3.63) is 30.1 Å². The second-order valence-electron chi connectivity index (χ2n) is 4.30. The lowest BCUT2D eigenvalue weighted by molar-refractivity contribution is -0.135. The lowest BCUT2D eigenvalue weighted by Gasteiger charge is -2.20. The smallest absolute Gasteiger partial charge is 0.171 e. The summed E-state index contributed by atoms with van der Waals surface area (Å²) in [6, 6.07) is 3.40. The number of carbonyl (C=O) groups excluding carboxylic acids is 1. The van der Waals surface area contributed by atoms with E-state index < -0.39 is 11.5 Å². The Labute approximate surface area is 83.8 Å². The fraction of sp³-hybridized carbons (Fsp3) is 0.455. The van der Waals surface area contributed by atoms with Crippen LogP contribution in [0, 0.1) is 5.41 Å². The van der Waals surface area contributed by atoms with E-state index in [-0.39, 0.29) is 5.78 Å². The maximum Gasteiger partial charge on any atom is 0.171 e. The van der Waals surface area contributed by atoms with Gasteiger partial charge in [-0.3, -0.25) is 9.78 Å². The molecule has 3 nitrogen and oxygen atoms in total. The van der Waals surface area contributed by atoms with Crippen molar-refractivity contribution in [3.8, 4) is 0 Å². The zero-order valence-corrected chi connectivity index (χ0v) is 8.69. The highest BCUT2D eigenvalue weighted by molar-refractivity contribution is 5.88. The third kappa shape index (κ3) is 2.39. The topological polar surface area (TPSA) is 50.2 Å². The summed E-state index contributed by atoms with van der Waals surface area (Å²) >= 11 is 0. The van der Waals surface area contributed by atoms with Gasteiger partial charge in [0.2, 0.25) is 0 Å². The molecule has 0 aliphatic heterocycles. The molecule has 0 saturated carbocycles. The van der Waals surface area contributed by atoms with E-state index in [2.05, 4.69) is 4.98 Å². The Morgan fingerprint density at radius 3 is 2.57 bits per heavy atom. The van der Waals surface area contributed by atoms with Crippen LogP contribution in [-0.2, 0) is 4.79 Å². The molecule has 1 N–H and O–H groups in total. The van der Waals surface area contributed by atoms with Crippen LogP contribution >= 0.6 is 0 Å². The fourth-order valence-corrected chi connectivity index (χ4v) is 1.10. The summed E-state index contributed by atoms with van der Waals surface area (Å²) < 4.78 is 0. The minimum absolute atomic E-state index is 0.189. The van der Waals surface area contributed by atoms with Crippen LogP contribution in [0.2, 0.25) is 0 Å². The van der Waals surface area contributed by atoms with Crippen molar-refractivity contribution >= 4 is 5.78 Å². The van der Waals surface area contributed by atoms with E-state index >= 15 is 0 Å². The molecule has 0 radical (unpaired) electrons. The highest BCUT2D eigenvalue weighted by Gasteiger charge is 2.29. The fourth-order valence-electron chi connectivity index (χ4n) is 1.10. The maximum absolute atomic E-state index is 11.7. The van der Waals surface area contributed by atoms with Crippen LogP contribution in [0.4, 0.5) is 0 Å². The first-order valence-electron chi connectivity index (χ1n) is 4.55. The third-order valence-corrected chi connectivity index (χ3v) is 1.99. The lowest BCUT2D eigenvalue weighted by atomic mass is 9.86. The number of pyridine rings is 1. The Balaban J connectivity index is 2.87. The number of hydrogen-bond donors (Lipinski definition) is 1. The number of aromatic nitrogens is 1. The van der Waals surface area contributed by atoms with Gasteiger partial charge in [-0.15, -0.1) is 0 Å². The minimum atomic E-state index is -1.07. The average molecular weight is 193 g/mol. The Morgan fingerprint density at radius 2 is 2.14 bits per heavy atom. The van der Waals surface area contributed by atoms with Crippen LogP contribution in [0.5, 0.6) is 0 Å². The maximum atomic E-state index is 11.7. The quantitative estimate of drug-likeness (QED) is 0.778. The zero-order chi connectivity index (χ0) is 10.8. The van der Waals surface area contributed by atoms with Gasteiger partial charge in [0.05, 0.1) is 0 Å². The van der Waals surface area contributed by atoms with E-state index in [0.717, 1.165) is 0 Å². The second kappa shape index (κ2) is 3.88. The molecule has 3 heteroatoms. The molecule has 0 fully saturated rings.